The Morgan fingerprint density at radius 2 is 1.87 bits per heavy atom. The molecule has 0 aliphatic carbocycles. The lowest BCUT2D eigenvalue weighted by atomic mass is 9.98. The summed E-state index contributed by atoms with van der Waals surface area (Å²) >= 11 is 0. The van der Waals surface area contributed by atoms with Crippen LogP contribution >= 0.6 is 0 Å². The highest BCUT2D eigenvalue weighted by Crippen LogP contribution is 2.25. The number of H-pyrrole nitrogens is 1. The van der Waals surface area contributed by atoms with E-state index in [1.54, 1.807) is 6.20 Å². The van der Waals surface area contributed by atoms with E-state index in [1.165, 1.54) is 18.5 Å². The number of nitrogens with two attached hydrogens (primary N) is 1. The maximum atomic E-state index is 12.9. The van der Waals surface area contributed by atoms with Crippen LogP contribution in [0, 0.1) is 11.3 Å². The van der Waals surface area contributed by atoms with Gasteiger partial charge >= 0.3 is 11.9 Å². The van der Waals surface area contributed by atoms with Crippen LogP contribution in [0.2, 0.25) is 0 Å². The van der Waals surface area contributed by atoms with Gasteiger partial charge in [0.25, 0.3) is 0 Å². The molecule has 158 valence electrons. The fraction of sp³-hybridized carbons (Fsp3) is 0.182. The quantitative estimate of drug-likeness (QED) is 0.323. The topological polar surface area (TPSA) is 139 Å². The third-order valence-corrected chi connectivity index (χ3v) is 4.82. The Labute approximate surface area is 178 Å². The molecule has 1 amide bonds. The largest absolute Gasteiger partial charge is 0.465 e. The normalized spacial score (nSPS) is 13.9. The number of para-hydroxylation sites is 1. The minimum Gasteiger partial charge on any atom is -0.465 e. The number of amides is 1. The number of benzene rings is 1. The highest BCUT2D eigenvalue weighted by Gasteiger charge is 2.29. The van der Waals surface area contributed by atoms with Gasteiger partial charge in [0.15, 0.2) is 5.57 Å². The van der Waals surface area contributed by atoms with Crippen LogP contribution in [0.4, 0.5) is 0 Å². The molecule has 1 atom stereocenters. The molecule has 2 aromatic rings. The predicted octanol–water partition coefficient (Wildman–Crippen LogP) is 1.44. The number of nitrogens with zero attached hydrogens (tertiary/aromatic N) is 2. The number of esters is 2. The third kappa shape index (κ3) is 4.24. The number of hydrogen-bond acceptors (Lipinski definition) is 7. The Morgan fingerprint density at radius 1 is 1.19 bits per heavy atom. The van der Waals surface area contributed by atoms with Gasteiger partial charge < -0.3 is 20.2 Å². The Morgan fingerprint density at radius 3 is 2.52 bits per heavy atom. The van der Waals surface area contributed by atoms with Crippen LogP contribution in [-0.4, -0.2) is 48.0 Å². The molecular formula is C22H20N4O5. The molecule has 9 heteroatoms. The second-order valence-electron chi connectivity index (χ2n) is 6.66. The molecule has 1 aromatic carbocycles. The first-order valence-corrected chi connectivity index (χ1v) is 9.25. The fourth-order valence-corrected chi connectivity index (χ4v) is 3.26. The van der Waals surface area contributed by atoms with E-state index in [0.717, 1.165) is 35.6 Å². The number of fused-ring (bicyclic) bond motifs is 1. The Bertz CT molecular complexity index is 1160. The van der Waals surface area contributed by atoms with E-state index in [4.69, 9.17) is 5.73 Å². The van der Waals surface area contributed by atoms with Gasteiger partial charge in [-0.05, 0) is 24.1 Å². The van der Waals surface area contributed by atoms with Crippen molar-refractivity contribution in [2.24, 2.45) is 5.73 Å². The smallest absolute Gasteiger partial charge is 0.345 e. The minimum atomic E-state index is -0.955. The van der Waals surface area contributed by atoms with Crippen molar-refractivity contribution in [3.05, 3.63) is 71.2 Å². The monoisotopic (exact) mass is 420 g/mol. The zero-order chi connectivity index (χ0) is 22.5. The maximum Gasteiger partial charge on any atom is 0.345 e. The molecule has 0 radical (unpaired) electrons. The highest BCUT2D eigenvalue weighted by molar-refractivity contribution is 6.16. The van der Waals surface area contributed by atoms with Gasteiger partial charge in [-0.3, -0.25) is 9.69 Å². The first kappa shape index (κ1) is 21.5. The summed E-state index contributed by atoms with van der Waals surface area (Å²) in [5.41, 5.74) is 7.44. The molecule has 0 spiro atoms. The van der Waals surface area contributed by atoms with Crippen molar-refractivity contribution >= 4 is 28.7 Å². The van der Waals surface area contributed by atoms with Gasteiger partial charge in [0.1, 0.15) is 6.07 Å². The molecule has 9 nitrogen and oxygen atoms in total. The number of rotatable bonds is 5. The van der Waals surface area contributed by atoms with Crippen molar-refractivity contribution in [3.8, 4) is 6.07 Å². The average molecular weight is 420 g/mol. The zero-order valence-electron chi connectivity index (χ0n) is 16.9. The number of aromatic nitrogens is 1. The summed E-state index contributed by atoms with van der Waals surface area (Å²) in [5.74, 6) is -2.36. The molecule has 3 rings (SSSR count). The SMILES string of the molecule is COC(=O)C(C(=O)OC)=C1C=CN(C(=O)[C@@H](N)Cc2c[nH]c3ccccc23)C=C1C#N. The number of aromatic amines is 1. The van der Waals surface area contributed by atoms with Crippen LogP contribution in [0.3, 0.4) is 0 Å². The molecule has 1 aliphatic rings. The van der Waals surface area contributed by atoms with Crippen LogP contribution in [-0.2, 0) is 30.3 Å². The van der Waals surface area contributed by atoms with E-state index in [0.29, 0.717) is 0 Å². The van der Waals surface area contributed by atoms with Crippen molar-refractivity contribution < 1.29 is 23.9 Å². The van der Waals surface area contributed by atoms with Gasteiger partial charge in [0, 0.05) is 35.1 Å². The standard InChI is InChI=1S/C22H20N4O5/c1-30-21(28)19(22(29)31-2)16-7-8-26(12-14(16)10-23)20(27)17(24)9-13-11-25-18-6-4-3-5-15(13)18/h3-8,11-12,17,25H,9,24H2,1-2H3/t17-/m0/s1. The zero-order valence-corrected chi connectivity index (χ0v) is 16.9. The molecule has 0 unspecified atom stereocenters. The van der Waals surface area contributed by atoms with Crippen LogP contribution in [0.1, 0.15) is 5.56 Å². The summed E-state index contributed by atoms with van der Waals surface area (Å²) in [6.07, 6.45) is 5.94. The summed E-state index contributed by atoms with van der Waals surface area (Å²) < 4.78 is 9.23. The number of carbonyl (C=O) groups is 3. The Kier molecular flexibility index (Phi) is 6.33. The molecule has 31 heavy (non-hydrogen) atoms. The minimum absolute atomic E-state index is 0.00421. The number of nitrogens with one attached hydrogen (secondary N) is 1. The van der Waals surface area contributed by atoms with Crippen LogP contribution in [0.25, 0.3) is 10.9 Å². The summed E-state index contributed by atoms with van der Waals surface area (Å²) in [4.78, 5) is 41.2. The van der Waals surface area contributed by atoms with Gasteiger partial charge in [-0.2, -0.15) is 5.26 Å². The fourth-order valence-electron chi connectivity index (χ4n) is 3.26. The number of carbonyl (C=O) groups excluding carboxylic acids is 3. The Hall–Kier alpha value is -4.16. The van der Waals surface area contributed by atoms with Crippen molar-refractivity contribution in [1.82, 2.24) is 9.88 Å². The van der Waals surface area contributed by atoms with Gasteiger partial charge in [0.05, 0.1) is 25.8 Å². The second-order valence-corrected chi connectivity index (χ2v) is 6.66. The Balaban J connectivity index is 1.86. The summed E-state index contributed by atoms with van der Waals surface area (Å²) in [6.45, 7) is 0. The second kappa shape index (κ2) is 9.11. The first-order valence-electron chi connectivity index (χ1n) is 9.25. The summed E-state index contributed by atoms with van der Waals surface area (Å²) in [7, 11) is 2.21. The van der Waals surface area contributed by atoms with Gasteiger partial charge in [-0.1, -0.05) is 18.2 Å². The molecule has 2 heterocycles. The van der Waals surface area contributed by atoms with E-state index in [2.05, 4.69) is 14.5 Å². The molecule has 0 bridgehead atoms. The van der Waals surface area contributed by atoms with Crippen molar-refractivity contribution in [3.63, 3.8) is 0 Å². The molecule has 3 N–H and O–H groups in total. The lowest BCUT2D eigenvalue weighted by Crippen LogP contribution is -2.41. The number of methoxy groups -OCH3 is 2. The van der Waals surface area contributed by atoms with E-state index in [1.807, 2.05) is 30.3 Å². The highest BCUT2D eigenvalue weighted by atomic mass is 16.5. The van der Waals surface area contributed by atoms with Crippen molar-refractivity contribution in [2.75, 3.05) is 14.2 Å². The van der Waals surface area contributed by atoms with Crippen LogP contribution < -0.4 is 5.73 Å². The molecule has 0 saturated heterocycles. The summed E-state index contributed by atoms with van der Waals surface area (Å²) in [6, 6.07) is 8.67. The lowest BCUT2D eigenvalue weighted by molar-refractivity contribution is -0.144. The maximum absolute atomic E-state index is 12.9. The number of allylic oxidation sites excluding steroid dienone is 3. The molecule has 1 aromatic heterocycles. The first-order chi connectivity index (χ1) is 14.9. The van der Waals surface area contributed by atoms with E-state index < -0.39 is 29.5 Å². The molecule has 0 fully saturated rings. The van der Waals surface area contributed by atoms with E-state index in [9.17, 15) is 19.6 Å². The van der Waals surface area contributed by atoms with Crippen LogP contribution in [0.5, 0.6) is 0 Å². The number of nitriles is 1. The van der Waals surface area contributed by atoms with E-state index in [-0.39, 0.29) is 17.6 Å². The number of ether oxygens (including phenoxy) is 2. The summed E-state index contributed by atoms with van der Waals surface area (Å²) in [5, 5.41) is 10.5. The van der Waals surface area contributed by atoms with Gasteiger partial charge in [-0.25, -0.2) is 9.59 Å². The molecule has 0 saturated carbocycles. The van der Waals surface area contributed by atoms with Gasteiger partial charge in [-0.15, -0.1) is 0 Å². The average Bonchev–Trinajstić information content (AvgIpc) is 3.21. The molecular weight excluding hydrogens is 400 g/mol. The van der Waals surface area contributed by atoms with Crippen LogP contribution in [0.15, 0.2) is 65.7 Å². The predicted molar refractivity (Wildman–Crippen MR) is 111 cm³/mol. The lowest BCUT2D eigenvalue weighted by Gasteiger charge is -2.23. The van der Waals surface area contributed by atoms with E-state index >= 15 is 0 Å². The molecule has 1 aliphatic heterocycles. The van der Waals surface area contributed by atoms with Gasteiger partial charge in [0.2, 0.25) is 5.91 Å². The number of hydrogen-bond donors (Lipinski definition) is 2. The third-order valence-electron chi connectivity index (χ3n) is 4.82. The van der Waals surface area contributed by atoms with Crippen molar-refractivity contribution in [2.45, 2.75) is 12.5 Å². The van der Waals surface area contributed by atoms with Crippen molar-refractivity contribution in [1.29, 1.82) is 5.26 Å².